The number of hydrogen-bond donors (Lipinski definition) is 1. The van der Waals surface area contributed by atoms with E-state index in [2.05, 4.69) is 15.5 Å². The van der Waals surface area contributed by atoms with Gasteiger partial charge in [-0.25, -0.2) is 9.48 Å². The van der Waals surface area contributed by atoms with E-state index < -0.39 is 5.97 Å². The number of hydrogen-bond acceptors (Lipinski definition) is 4. The number of carboxylic acid groups (broad SMARTS) is 1. The van der Waals surface area contributed by atoms with Crippen LogP contribution in [0.3, 0.4) is 0 Å². The van der Waals surface area contributed by atoms with Gasteiger partial charge in [-0.05, 0) is 34.7 Å². The molecule has 0 aliphatic rings. The van der Waals surface area contributed by atoms with Crippen LogP contribution in [-0.4, -0.2) is 31.3 Å². The number of aromatic nitrogens is 4. The molecule has 0 unspecified atom stereocenters. The molecule has 0 atom stereocenters. The van der Waals surface area contributed by atoms with Crippen LogP contribution in [-0.2, 0) is 0 Å². The molecular formula is C8H6N4O2. The minimum Gasteiger partial charge on any atom is -0.478 e. The van der Waals surface area contributed by atoms with Gasteiger partial charge in [0.25, 0.3) is 0 Å². The lowest BCUT2D eigenvalue weighted by Gasteiger charge is -1.98. The normalized spacial score (nSPS) is 10.0. The van der Waals surface area contributed by atoms with Gasteiger partial charge in [-0.3, -0.25) is 0 Å². The summed E-state index contributed by atoms with van der Waals surface area (Å²) in [5.74, 6) is -0.951. The lowest BCUT2D eigenvalue weighted by Crippen LogP contribution is -1.98. The standard InChI is InChI=1S/C8H6N4O2/c13-8(14)6-1-3-7(4-2-6)12-5-9-10-11-12/h1-5H,(H,13,14). The summed E-state index contributed by atoms with van der Waals surface area (Å²) in [5, 5.41) is 19.3. The zero-order valence-electron chi connectivity index (χ0n) is 7.03. The third-order valence-electron chi connectivity index (χ3n) is 1.73. The number of rotatable bonds is 2. The Labute approximate surface area is 78.8 Å². The van der Waals surface area contributed by atoms with Crippen LogP contribution in [0.2, 0.25) is 0 Å². The van der Waals surface area contributed by atoms with Crippen molar-refractivity contribution in [3.05, 3.63) is 36.2 Å². The average molecular weight is 190 g/mol. The van der Waals surface area contributed by atoms with Crippen LogP contribution in [0, 0.1) is 0 Å². The van der Waals surface area contributed by atoms with Crippen molar-refractivity contribution < 1.29 is 9.90 Å². The zero-order valence-corrected chi connectivity index (χ0v) is 7.03. The molecule has 70 valence electrons. The molecule has 0 spiro atoms. The maximum atomic E-state index is 10.6. The van der Waals surface area contributed by atoms with Gasteiger partial charge in [0.1, 0.15) is 6.33 Å². The summed E-state index contributed by atoms with van der Waals surface area (Å²) in [6.45, 7) is 0. The second kappa shape index (κ2) is 3.25. The van der Waals surface area contributed by atoms with Crippen molar-refractivity contribution in [1.29, 1.82) is 0 Å². The van der Waals surface area contributed by atoms with Crippen molar-refractivity contribution in [2.24, 2.45) is 0 Å². The number of carbonyl (C=O) groups is 1. The van der Waals surface area contributed by atoms with Crippen LogP contribution in [0.25, 0.3) is 5.69 Å². The molecule has 0 saturated carbocycles. The van der Waals surface area contributed by atoms with Crippen LogP contribution in [0.1, 0.15) is 10.4 Å². The second-order valence-electron chi connectivity index (χ2n) is 2.61. The second-order valence-corrected chi connectivity index (χ2v) is 2.61. The molecule has 1 N–H and O–H groups in total. The van der Waals surface area contributed by atoms with Crippen LogP contribution in [0.5, 0.6) is 0 Å². The molecule has 1 aromatic heterocycles. The molecule has 14 heavy (non-hydrogen) atoms. The minimum atomic E-state index is -0.951. The fourth-order valence-electron chi connectivity index (χ4n) is 1.04. The van der Waals surface area contributed by atoms with E-state index in [4.69, 9.17) is 5.11 Å². The van der Waals surface area contributed by atoms with E-state index in [1.807, 2.05) is 0 Å². The fourth-order valence-corrected chi connectivity index (χ4v) is 1.04. The van der Waals surface area contributed by atoms with Crippen LogP contribution in [0.4, 0.5) is 0 Å². The number of benzene rings is 1. The van der Waals surface area contributed by atoms with Gasteiger partial charge in [0, 0.05) is 0 Å². The minimum absolute atomic E-state index is 0.238. The number of tetrazole rings is 1. The van der Waals surface area contributed by atoms with E-state index in [1.54, 1.807) is 12.1 Å². The van der Waals surface area contributed by atoms with Crippen molar-refractivity contribution >= 4 is 5.97 Å². The average Bonchev–Trinajstić information content (AvgIpc) is 2.71. The van der Waals surface area contributed by atoms with Crippen molar-refractivity contribution in [1.82, 2.24) is 20.2 Å². The molecule has 2 aromatic rings. The van der Waals surface area contributed by atoms with E-state index >= 15 is 0 Å². The maximum Gasteiger partial charge on any atom is 0.335 e. The van der Waals surface area contributed by atoms with Crippen molar-refractivity contribution in [2.75, 3.05) is 0 Å². The van der Waals surface area contributed by atoms with Crippen molar-refractivity contribution in [3.63, 3.8) is 0 Å². The fraction of sp³-hybridized carbons (Fsp3) is 0. The SMILES string of the molecule is O=C(O)c1ccc(-n2cnnn2)cc1. The highest BCUT2D eigenvalue weighted by molar-refractivity contribution is 5.87. The smallest absolute Gasteiger partial charge is 0.335 e. The Morgan fingerprint density at radius 1 is 1.29 bits per heavy atom. The number of nitrogens with zero attached hydrogens (tertiary/aromatic N) is 4. The highest BCUT2D eigenvalue weighted by Crippen LogP contribution is 2.07. The first-order valence-electron chi connectivity index (χ1n) is 3.84. The number of carboxylic acids is 1. The molecule has 0 aliphatic heterocycles. The van der Waals surface area contributed by atoms with Gasteiger partial charge in [0.2, 0.25) is 0 Å². The van der Waals surface area contributed by atoms with Gasteiger partial charge in [0.15, 0.2) is 0 Å². The first-order valence-corrected chi connectivity index (χ1v) is 3.84. The Hall–Kier alpha value is -2.24. The first kappa shape index (κ1) is 8.36. The Kier molecular flexibility index (Phi) is 1.94. The summed E-state index contributed by atoms with van der Waals surface area (Å²) in [7, 11) is 0. The van der Waals surface area contributed by atoms with E-state index in [0.29, 0.717) is 0 Å². The Morgan fingerprint density at radius 2 is 2.00 bits per heavy atom. The molecule has 0 aliphatic carbocycles. The maximum absolute atomic E-state index is 10.6. The van der Waals surface area contributed by atoms with Crippen LogP contribution < -0.4 is 0 Å². The zero-order chi connectivity index (χ0) is 9.97. The summed E-state index contributed by atoms with van der Waals surface area (Å²) in [5.41, 5.74) is 0.960. The lowest BCUT2D eigenvalue weighted by molar-refractivity contribution is 0.0697. The Morgan fingerprint density at radius 3 is 2.50 bits per heavy atom. The summed E-state index contributed by atoms with van der Waals surface area (Å²) in [4.78, 5) is 10.6. The molecule has 0 radical (unpaired) electrons. The molecule has 6 heteroatoms. The van der Waals surface area contributed by atoms with Gasteiger partial charge in [-0.2, -0.15) is 0 Å². The molecule has 2 rings (SSSR count). The predicted octanol–water partition coefficient (Wildman–Crippen LogP) is 0.360. The monoisotopic (exact) mass is 190 g/mol. The summed E-state index contributed by atoms with van der Waals surface area (Å²) in [6.07, 6.45) is 1.44. The van der Waals surface area contributed by atoms with Gasteiger partial charge in [0.05, 0.1) is 11.3 Å². The lowest BCUT2D eigenvalue weighted by atomic mass is 10.2. The van der Waals surface area contributed by atoms with E-state index in [-0.39, 0.29) is 5.56 Å². The largest absolute Gasteiger partial charge is 0.478 e. The Balaban J connectivity index is 2.36. The van der Waals surface area contributed by atoms with E-state index in [9.17, 15) is 4.79 Å². The highest BCUT2D eigenvalue weighted by atomic mass is 16.4. The first-order chi connectivity index (χ1) is 6.77. The van der Waals surface area contributed by atoms with Gasteiger partial charge >= 0.3 is 5.97 Å². The van der Waals surface area contributed by atoms with Gasteiger partial charge in [-0.15, -0.1) is 5.10 Å². The molecular weight excluding hydrogens is 184 g/mol. The third-order valence-corrected chi connectivity index (χ3v) is 1.73. The molecule has 1 aromatic carbocycles. The molecule has 0 amide bonds. The molecule has 0 bridgehead atoms. The van der Waals surface area contributed by atoms with Crippen molar-refractivity contribution in [2.45, 2.75) is 0 Å². The quantitative estimate of drug-likeness (QED) is 0.739. The predicted molar refractivity (Wildman–Crippen MR) is 46.1 cm³/mol. The topological polar surface area (TPSA) is 80.9 Å². The molecule has 0 fully saturated rings. The summed E-state index contributed by atoms with van der Waals surface area (Å²) in [6, 6.07) is 6.28. The van der Waals surface area contributed by atoms with Crippen molar-refractivity contribution in [3.8, 4) is 5.69 Å². The summed E-state index contributed by atoms with van der Waals surface area (Å²) < 4.78 is 1.45. The molecule has 0 saturated heterocycles. The van der Waals surface area contributed by atoms with Gasteiger partial charge < -0.3 is 5.11 Å². The molecule has 6 nitrogen and oxygen atoms in total. The Bertz CT molecular complexity index is 435. The number of aromatic carboxylic acids is 1. The van der Waals surface area contributed by atoms with Crippen LogP contribution >= 0.6 is 0 Å². The van der Waals surface area contributed by atoms with Gasteiger partial charge in [-0.1, -0.05) is 0 Å². The molecule has 1 heterocycles. The highest BCUT2D eigenvalue weighted by Gasteiger charge is 2.02. The van der Waals surface area contributed by atoms with Crippen LogP contribution in [0.15, 0.2) is 30.6 Å². The van der Waals surface area contributed by atoms with E-state index in [0.717, 1.165) is 5.69 Å². The van der Waals surface area contributed by atoms with E-state index in [1.165, 1.54) is 23.1 Å². The third kappa shape index (κ3) is 1.45. The summed E-state index contributed by atoms with van der Waals surface area (Å²) >= 11 is 0.